The molecule has 2 fully saturated rings. The minimum absolute atomic E-state index is 0.245. The average molecular weight is 210 g/mol. The highest BCUT2D eigenvalue weighted by Crippen LogP contribution is 2.21. The lowest BCUT2D eigenvalue weighted by atomic mass is 9.92. The molecule has 0 N–H and O–H groups in total. The molecule has 2 rings (SSSR count). The summed E-state index contributed by atoms with van der Waals surface area (Å²) in [5.41, 5.74) is 0. The van der Waals surface area contributed by atoms with Gasteiger partial charge in [-0.2, -0.15) is 0 Å². The zero-order chi connectivity index (χ0) is 10.8. The van der Waals surface area contributed by atoms with E-state index in [1.165, 1.54) is 6.42 Å². The largest absolute Gasteiger partial charge is 0.301 e. The molecule has 0 aromatic rings. The van der Waals surface area contributed by atoms with Gasteiger partial charge in [0.2, 0.25) is 0 Å². The molecule has 1 aliphatic carbocycles. The van der Waals surface area contributed by atoms with Crippen molar-refractivity contribution in [3.63, 3.8) is 0 Å². The molecule has 15 heavy (non-hydrogen) atoms. The van der Waals surface area contributed by atoms with Gasteiger partial charge in [0.05, 0.1) is 6.04 Å². The molecule has 3 nitrogen and oxygen atoms in total. The maximum atomic E-state index is 11.8. The zero-order valence-corrected chi connectivity index (χ0v) is 9.91. The van der Waals surface area contributed by atoms with Crippen molar-refractivity contribution < 1.29 is 4.79 Å². The van der Waals surface area contributed by atoms with E-state index in [2.05, 4.69) is 23.8 Å². The van der Waals surface area contributed by atoms with Crippen LogP contribution in [-0.4, -0.2) is 54.3 Å². The predicted molar refractivity (Wildman–Crippen MR) is 60.9 cm³/mol. The molecule has 2 atom stereocenters. The quantitative estimate of drug-likeness (QED) is 0.648. The summed E-state index contributed by atoms with van der Waals surface area (Å²) in [4.78, 5) is 16.6. The third-order valence-electron chi connectivity index (χ3n) is 3.95. The maximum Gasteiger partial charge on any atom is 0.149 e. The molecule has 3 heteroatoms. The van der Waals surface area contributed by atoms with Crippen LogP contribution in [0.25, 0.3) is 0 Å². The molecular weight excluding hydrogens is 188 g/mol. The second-order valence-corrected chi connectivity index (χ2v) is 5.05. The number of carbonyl (C=O) groups excluding carboxylic acids is 1. The van der Waals surface area contributed by atoms with E-state index >= 15 is 0 Å². The first-order valence-electron chi connectivity index (χ1n) is 6.15. The lowest BCUT2D eigenvalue weighted by molar-refractivity contribution is -0.127. The van der Waals surface area contributed by atoms with E-state index in [-0.39, 0.29) is 6.04 Å². The fourth-order valence-corrected chi connectivity index (χ4v) is 2.71. The Hall–Kier alpha value is -0.410. The molecule has 1 aliphatic heterocycles. The Morgan fingerprint density at radius 1 is 1.27 bits per heavy atom. The Morgan fingerprint density at radius 3 is 2.73 bits per heavy atom. The number of likely N-dealkylation sites (N-methyl/N-ethyl adjacent to an activating group) is 1. The minimum atomic E-state index is 0.245. The normalized spacial score (nSPS) is 35.7. The summed E-state index contributed by atoms with van der Waals surface area (Å²) in [6, 6.07) is 0.836. The molecule has 0 aromatic carbocycles. The average Bonchev–Trinajstić information content (AvgIpc) is 2.23. The van der Waals surface area contributed by atoms with Gasteiger partial charge in [0.1, 0.15) is 5.78 Å². The number of nitrogens with zero attached hydrogens (tertiary/aromatic N) is 2. The van der Waals surface area contributed by atoms with Crippen LogP contribution >= 0.6 is 0 Å². The SMILES string of the molecule is CC1CN(C2CCCCC2=O)CCN1C. The summed E-state index contributed by atoms with van der Waals surface area (Å²) in [5.74, 6) is 0.484. The van der Waals surface area contributed by atoms with Crippen LogP contribution in [0.15, 0.2) is 0 Å². The van der Waals surface area contributed by atoms with Crippen molar-refractivity contribution in [2.45, 2.75) is 44.7 Å². The molecule has 1 saturated heterocycles. The van der Waals surface area contributed by atoms with E-state index in [4.69, 9.17) is 0 Å². The van der Waals surface area contributed by atoms with Crippen LogP contribution in [0.3, 0.4) is 0 Å². The van der Waals surface area contributed by atoms with Gasteiger partial charge in [-0.3, -0.25) is 9.69 Å². The fourth-order valence-electron chi connectivity index (χ4n) is 2.71. The Labute approximate surface area is 92.4 Å². The summed E-state index contributed by atoms with van der Waals surface area (Å²) < 4.78 is 0. The van der Waals surface area contributed by atoms with Crippen molar-refractivity contribution in [1.29, 1.82) is 0 Å². The zero-order valence-electron chi connectivity index (χ0n) is 9.91. The topological polar surface area (TPSA) is 23.6 Å². The Morgan fingerprint density at radius 2 is 2.07 bits per heavy atom. The van der Waals surface area contributed by atoms with E-state index in [0.29, 0.717) is 11.8 Å². The summed E-state index contributed by atoms with van der Waals surface area (Å²) >= 11 is 0. The van der Waals surface area contributed by atoms with Gasteiger partial charge in [-0.1, -0.05) is 6.42 Å². The van der Waals surface area contributed by atoms with Crippen LogP contribution in [0.2, 0.25) is 0 Å². The first-order valence-corrected chi connectivity index (χ1v) is 6.15. The van der Waals surface area contributed by atoms with E-state index < -0.39 is 0 Å². The molecule has 0 amide bonds. The highest BCUT2D eigenvalue weighted by molar-refractivity contribution is 5.84. The van der Waals surface area contributed by atoms with Gasteiger partial charge in [0.15, 0.2) is 0 Å². The summed E-state index contributed by atoms with van der Waals surface area (Å²) in [6.45, 7) is 5.48. The minimum Gasteiger partial charge on any atom is -0.301 e. The molecule has 0 aromatic heterocycles. The van der Waals surface area contributed by atoms with Crippen LogP contribution in [-0.2, 0) is 4.79 Å². The van der Waals surface area contributed by atoms with Crippen molar-refractivity contribution in [1.82, 2.24) is 9.80 Å². The smallest absolute Gasteiger partial charge is 0.149 e. The molecule has 0 spiro atoms. The lowest BCUT2D eigenvalue weighted by Crippen LogP contribution is -2.55. The van der Waals surface area contributed by atoms with Crippen LogP contribution in [0, 0.1) is 0 Å². The molecular formula is C12H22N2O. The highest BCUT2D eigenvalue weighted by Gasteiger charge is 2.31. The third-order valence-corrected chi connectivity index (χ3v) is 3.95. The first-order chi connectivity index (χ1) is 7.18. The van der Waals surface area contributed by atoms with Crippen molar-refractivity contribution in [2.75, 3.05) is 26.7 Å². The van der Waals surface area contributed by atoms with Crippen LogP contribution < -0.4 is 0 Å². The number of Topliss-reactive ketones (excluding diaryl/α,β-unsaturated/α-hetero) is 1. The second kappa shape index (κ2) is 4.62. The monoisotopic (exact) mass is 210 g/mol. The fraction of sp³-hybridized carbons (Fsp3) is 0.917. The first kappa shape index (κ1) is 11.1. The molecule has 0 bridgehead atoms. The van der Waals surface area contributed by atoms with Gasteiger partial charge < -0.3 is 4.90 Å². The van der Waals surface area contributed by atoms with Crippen LogP contribution in [0.1, 0.15) is 32.6 Å². The van der Waals surface area contributed by atoms with Crippen molar-refractivity contribution in [2.24, 2.45) is 0 Å². The molecule has 1 saturated carbocycles. The van der Waals surface area contributed by atoms with Gasteiger partial charge in [-0.05, 0) is 26.8 Å². The summed E-state index contributed by atoms with van der Waals surface area (Å²) in [6.07, 6.45) is 4.25. The van der Waals surface area contributed by atoms with Crippen molar-refractivity contribution >= 4 is 5.78 Å². The third kappa shape index (κ3) is 2.40. The number of hydrogen-bond donors (Lipinski definition) is 0. The Bertz CT molecular complexity index is 242. The molecule has 1 heterocycles. The number of piperazine rings is 1. The van der Waals surface area contributed by atoms with Crippen LogP contribution in [0.5, 0.6) is 0 Å². The van der Waals surface area contributed by atoms with E-state index in [1.807, 2.05) is 0 Å². The predicted octanol–water partition coefficient (Wildman–Crippen LogP) is 1.13. The Balaban J connectivity index is 1.95. The Kier molecular flexibility index (Phi) is 3.42. The van der Waals surface area contributed by atoms with E-state index in [1.54, 1.807) is 0 Å². The van der Waals surface area contributed by atoms with Crippen molar-refractivity contribution in [3.8, 4) is 0 Å². The highest BCUT2D eigenvalue weighted by atomic mass is 16.1. The summed E-state index contributed by atoms with van der Waals surface area (Å²) in [5, 5.41) is 0. The molecule has 2 unspecified atom stereocenters. The lowest BCUT2D eigenvalue weighted by Gasteiger charge is -2.42. The standard InChI is InChI=1S/C12H22N2O/c1-10-9-14(8-7-13(10)2)11-5-3-4-6-12(11)15/h10-11H,3-9H2,1-2H3. The van der Waals surface area contributed by atoms with Crippen LogP contribution in [0.4, 0.5) is 0 Å². The number of carbonyl (C=O) groups is 1. The van der Waals surface area contributed by atoms with Gasteiger partial charge in [0, 0.05) is 32.1 Å². The van der Waals surface area contributed by atoms with E-state index in [0.717, 1.165) is 38.9 Å². The molecule has 86 valence electrons. The van der Waals surface area contributed by atoms with Gasteiger partial charge in [0.25, 0.3) is 0 Å². The van der Waals surface area contributed by atoms with Gasteiger partial charge in [-0.25, -0.2) is 0 Å². The second-order valence-electron chi connectivity index (χ2n) is 5.05. The summed E-state index contributed by atoms with van der Waals surface area (Å²) in [7, 11) is 2.17. The number of rotatable bonds is 1. The molecule has 0 radical (unpaired) electrons. The number of ketones is 1. The molecule has 2 aliphatic rings. The van der Waals surface area contributed by atoms with E-state index in [9.17, 15) is 4.79 Å². The number of hydrogen-bond acceptors (Lipinski definition) is 3. The van der Waals surface area contributed by atoms with Crippen molar-refractivity contribution in [3.05, 3.63) is 0 Å². The van der Waals surface area contributed by atoms with Gasteiger partial charge in [-0.15, -0.1) is 0 Å². The van der Waals surface area contributed by atoms with Gasteiger partial charge >= 0.3 is 0 Å². The maximum absolute atomic E-state index is 11.8.